The van der Waals surface area contributed by atoms with Gasteiger partial charge in [-0.25, -0.2) is 4.98 Å². The minimum Gasteiger partial charge on any atom is -0.368 e. The highest BCUT2D eigenvalue weighted by molar-refractivity contribution is 8.00. The summed E-state index contributed by atoms with van der Waals surface area (Å²) in [5.74, 6) is 0.0673. The molecule has 0 saturated carbocycles. The fourth-order valence-corrected chi connectivity index (χ4v) is 5.42. The Hall–Kier alpha value is -3.79. The van der Waals surface area contributed by atoms with Gasteiger partial charge in [-0.2, -0.15) is 10.5 Å². The smallest absolute Gasteiger partial charge is 0.235 e. The number of H-pyrrole nitrogens is 1. The standard InChI is InChI=1S/C26H27N7OS/c1-2-20-21(14-27)25(33-12-10-32(11-13-33)17-18-8-9-30-16-18)31-26(22(20)15-28)35-23(24(29)34)19-6-4-3-5-7-19/h3-9,16,23,30H,2,10-13,17H2,1H3,(H2,29,34). The van der Waals surface area contributed by atoms with E-state index in [-0.39, 0.29) is 0 Å². The van der Waals surface area contributed by atoms with E-state index in [0.717, 1.165) is 25.2 Å². The first-order chi connectivity index (χ1) is 17.0. The number of pyridine rings is 1. The molecular weight excluding hydrogens is 458 g/mol. The monoisotopic (exact) mass is 485 g/mol. The zero-order valence-electron chi connectivity index (χ0n) is 19.6. The lowest BCUT2D eigenvalue weighted by Crippen LogP contribution is -2.46. The zero-order valence-corrected chi connectivity index (χ0v) is 20.4. The van der Waals surface area contributed by atoms with Gasteiger partial charge >= 0.3 is 0 Å². The van der Waals surface area contributed by atoms with Gasteiger partial charge in [-0.15, -0.1) is 0 Å². The average Bonchev–Trinajstić information content (AvgIpc) is 3.40. The summed E-state index contributed by atoms with van der Waals surface area (Å²) in [4.78, 5) is 24.7. The summed E-state index contributed by atoms with van der Waals surface area (Å²) in [7, 11) is 0. The van der Waals surface area contributed by atoms with Gasteiger partial charge in [0.15, 0.2) is 0 Å². The Morgan fingerprint density at radius 2 is 1.86 bits per heavy atom. The number of carbonyl (C=O) groups is 1. The second-order valence-corrected chi connectivity index (χ2v) is 9.43. The molecule has 1 fully saturated rings. The van der Waals surface area contributed by atoms with E-state index < -0.39 is 11.2 Å². The number of rotatable bonds is 8. The van der Waals surface area contributed by atoms with Crippen LogP contribution < -0.4 is 10.6 Å². The predicted octanol–water partition coefficient (Wildman–Crippen LogP) is 3.36. The van der Waals surface area contributed by atoms with Gasteiger partial charge in [0, 0.05) is 45.1 Å². The van der Waals surface area contributed by atoms with Crippen molar-refractivity contribution < 1.29 is 4.79 Å². The molecule has 3 N–H and O–H groups in total. The molecule has 0 radical (unpaired) electrons. The summed E-state index contributed by atoms with van der Waals surface area (Å²) in [6, 6.07) is 15.8. The molecule has 4 rings (SSSR count). The Bertz CT molecular complexity index is 1250. The number of benzene rings is 1. The number of amides is 1. The Morgan fingerprint density at radius 1 is 1.14 bits per heavy atom. The van der Waals surface area contributed by atoms with Crippen molar-refractivity contribution in [1.82, 2.24) is 14.9 Å². The van der Waals surface area contributed by atoms with Crippen LogP contribution >= 0.6 is 11.8 Å². The molecule has 3 aromatic rings. The van der Waals surface area contributed by atoms with Crippen LogP contribution in [0.3, 0.4) is 0 Å². The second kappa shape index (κ2) is 11.1. The van der Waals surface area contributed by atoms with Gasteiger partial charge in [0.1, 0.15) is 28.2 Å². The second-order valence-electron chi connectivity index (χ2n) is 8.34. The first kappa shape index (κ1) is 24.3. The SMILES string of the molecule is CCc1c(C#N)c(SC(C(N)=O)c2ccccc2)nc(N2CCN(Cc3cc[nH]c3)CC2)c1C#N. The van der Waals surface area contributed by atoms with Gasteiger partial charge in [0.25, 0.3) is 0 Å². The summed E-state index contributed by atoms with van der Waals surface area (Å²) >= 11 is 1.17. The number of anilines is 1. The van der Waals surface area contributed by atoms with Crippen LogP contribution in [0.4, 0.5) is 5.82 Å². The third kappa shape index (κ3) is 5.32. The van der Waals surface area contributed by atoms with Crippen LogP contribution in [0, 0.1) is 22.7 Å². The fraction of sp³-hybridized carbons (Fsp3) is 0.308. The van der Waals surface area contributed by atoms with Crippen LogP contribution in [-0.4, -0.2) is 47.0 Å². The van der Waals surface area contributed by atoms with Crippen LogP contribution in [0.1, 0.15) is 40.0 Å². The van der Waals surface area contributed by atoms with Crippen molar-refractivity contribution in [2.24, 2.45) is 5.73 Å². The number of hydrogen-bond donors (Lipinski definition) is 2. The number of aromatic amines is 1. The maximum Gasteiger partial charge on any atom is 0.235 e. The summed E-state index contributed by atoms with van der Waals surface area (Å²) in [5, 5.41) is 19.7. The van der Waals surface area contributed by atoms with Crippen LogP contribution in [0.2, 0.25) is 0 Å². The Labute approximate surface area is 209 Å². The van der Waals surface area contributed by atoms with Crippen LogP contribution in [-0.2, 0) is 17.8 Å². The number of nitrogens with two attached hydrogens (primary N) is 1. The van der Waals surface area contributed by atoms with Crippen molar-refractivity contribution in [1.29, 1.82) is 10.5 Å². The fourth-order valence-electron chi connectivity index (χ4n) is 4.36. The number of nitrogens with one attached hydrogen (secondary N) is 1. The Balaban J connectivity index is 1.66. The zero-order chi connectivity index (χ0) is 24.8. The molecule has 1 aliphatic rings. The molecule has 1 saturated heterocycles. The minimum atomic E-state index is -0.695. The molecule has 8 nitrogen and oxygen atoms in total. The van der Waals surface area contributed by atoms with Crippen molar-refractivity contribution in [3.05, 3.63) is 76.6 Å². The molecular formula is C26H27N7OS. The van der Waals surface area contributed by atoms with Crippen molar-refractivity contribution in [3.8, 4) is 12.1 Å². The van der Waals surface area contributed by atoms with E-state index >= 15 is 0 Å². The highest BCUT2D eigenvalue weighted by atomic mass is 32.2. The molecule has 0 spiro atoms. The molecule has 3 heterocycles. The van der Waals surface area contributed by atoms with Crippen molar-refractivity contribution in [3.63, 3.8) is 0 Å². The van der Waals surface area contributed by atoms with Crippen LogP contribution in [0.25, 0.3) is 0 Å². The molecule has 1 aromatic carbocycles. The van der Waals surface area contributed by atoms with Gasteiger partial charge < -0.3 is 15.6 Å². The lowest BCUT2D eigenvalue weighted by molar-refractivity contribution is -0.117. The van der Waals surface area contributed by atoms with E-state index in [0.29, 0.717) is 47.0 Å². The van der Waals surface area contributed by atoms with Gasteiger partial charge in [-0.05, 0) is 29.2 Å². The first-order valence-electron chi connectivity index (χ1n) is 11.5. The van der Waals surface area contributed by atoms with E-state index in [1.54, 1.807) is 0 Å². The van der Waals surface area contributed by atoms with Gasteiger partial charge in [0.05, 0.1) is 11.1 Å². The number of carbonyl (C=O) groups excluding carboxylic acids is 1. The number of thioether (sulfide) groups is 1. The summed E-state index contributed by atoms with van der Waals surface area (Å²) in [6.45, 7) is 5.87. The minimum absolute atomic E-state index is 0.339. The Morgan fingerprint density at radius 3 is 2.43 bits per heavy atom. The molecule has 35 heavy (non-hydrogen) atoms. The third-order valence-corrected chi connectivity index (χ3v) is 7.42. The molecule has 1 amide bonds. The first-order valence-corrected chi connectivity index (χ1v) is 12.4. The van der Waals surface area contributed by atoms with Crippen molar-refractivity contribution in [2.75, 3.05) is 31.1 Å². The molecule has 1 atom stereocenters. The van der Waals surface area contributed by atoms with Crippen molar-refractivity contribution in [2.45, 2.75) is 30.2 Å². The predicted molar refractivity (Wildman–Crippen MR) is 136 cm³/mol. The number of piperazine rings is 1. The molecule has 9 heteroatoms. The summed E-state index contributed by atoms with van der Waals surface area (Å²) in [5.41, 5.74) is 9.16. The molecule has 2 aromatic heterocycles. The molecule has 178 valence electrons. The van der Waals surface area contributed by atoms with E-state index in [9.17, 15) is 15.3 Å². The van der Waals surface area contributed by atoms with Crippen LogP contribution in [0.5, 0.6) is 0 Å². The van der Waals surface area contributed by atoms with E-state index in [1.807, 2.05) is 49.6 Å². The maximum absolute atomic E-state index is 12.4. The number of nitriles is 2. The van der Waals surface area contributed by atoms with E-state index in [4.69, 9.17) is 10.7 Å². The maximum atomic E-state index is 12.4. The van der Waals surface area contributed by atoms with Crippen molar-refractivity contribution >= 4 is 23.5 Å². The summed E-state index contributed by atoms with van der Waals surface area (Å²) < 4.78 is 0. The summed E-state index contributed by atoms with van der Waals surface area (Å²) in [6.07, 6.45) is 4.43. The van der Waals surface area contributed by atoms with E-state index in [2.05, 4.69) is 33.0 Å². The molecule has 0 aliphatic carbocycles. The molecule has 0 bridgehead atoms. The number of aromatic nitrogens is 2. The van der Waals surface area contributed by atoms with Gasteiger partial charge in [0.2, 0.25) is 5.91 Å². The van der Waals surface area contributed by atoms with E-state index in [1.165, 1.54) is 17.3 Å². The lowest BCUT2D eigenvalue weighted by Gasteiger charge is -2.36. The number of hydrogen-bond acceptors (Lipinski definition) is 7. The van der Waals surface area contributed by atoms with Gasteiger partial charge in [-0.1, -0.05) is 49.0 Å². The number of nitrogens with zero attached hydrogens (tertiary/aromatic N) is 5. The largest absolute Gasteiger partial charge is 0.368 e. The highest BCUT2D eigenvalue weighted by Crippen LogP contribution is 2.39. The Kier molecular flexibility index (Phi) is 7.71. The number of primary amides is 1. The quantitative estimate of drug-likeness (QED) is 0.469. The van der Waals surface area contributed by atoms with Crippen LogP contribution in [0.15, 0.2) is 53.8 Å². The highest BCUT2D eigenvalue weighted by Gasteiger charge is 2.28. The van der Waals surface area contributed by atoms with Gasteiger partial charge in [-0.3, -0.25) is 9.69 Å². The topological polar surface area (TPSA) is 126 Å². The average molecular weight is 486 g/mol. The molecule has 1 aliphatic heterocycles. The normalized spacial score (nSPS) is 14.8. The molecule has 1 unspecified atom stereocenters. The lowest BCUT2D eigenvalue weighted by atomic mass is 10.0. The third-order valence-electron chi connectivity index (χ3n) is 6.16.